The zero-order chi connectivity index (χ0) is 19.9. The highest BCUT2D eigenvalue weighted by atomic mass is 16.5. The van der Waals surface area contributed by atoms with Crippen LogP contribution in [0.4, 0.5) is 5.82 Å². The van der Waals surface area contributed by atoms with Crippen molar-refractivity contribution in [2.45, 2.75) is 26.6 Å². The number of aromatic nitrogens is 1. The molecule has 0 aliphatic rings. The molecule has 1 aromatic heterocycles. The van der Waals surface area contributed by atoms with E-state index in [1.54, 1.807) is 37.3 Å². The maximum Gasteiger partial charge on any atom is 0.338 e. The first kappa shape index (κ1) is 19.2. The Morgan fingerprint density at radius 1 is 1.11 bits per heavy atom. The molecular weight excluding hydrogens is 360 g/mol. The van der Waals surface area contributed by atoms with Crippen LogP contribution in [0.3, 0.4) is 0 Å². The Hall–Kier alpha value is -3.61. The minimum atomic E-state index is -0.987. The molecule has 3 aromatic rings. The highest BCUT2D eigenvalue weighted by Gasteiger charge is 2.20. The Bertz CT molecular complexity index is 935. The van der Waals surface area contributed by atoms with Crippen molar-refractivity contribution in [2.24, 2.45) is 0 Å². The minimum Gasteiger partial charge on any atom is -0.489 e. The molecule has 0 radical (unpaired) electrons. The van der Waals surface area contributed by atoms with Gasteiger partial charge in [0.2, 0.25) is 0 Å². The second-order valence-corrected chi connectivity index (χ2v) is 6.16. The standard InChI is InChI=1S/C21H20N2O5/c1-14-12-19(23-28-14)22-20(24)15(2)27-21(25)17-8-10-18(11-9-17)26-13-16-6-4-3-5-7-16/h3-12,15H,13H2,1-2H3,(H,22,23,24)/t15-/m1/s1. The van der Waals surface area contributed by atoms with Crippen LogP contribution < -0.4 is 10.1 Å². The number of amides is 1. The molecule has 1 N–H and O–H groups in total. The Kier molecular flexibility index (Phi) is 6.06. The van der Waals surface area contributed by atoms with Crippen molar-refractivity contribution in [1.82, 2.24) is 5.16 Å². The van der Waals surface area contributed by atoms with E-state index in [1.807, 2.05) is 30.3 Å². The van der Waals surface area contributed by atoms with Gasteiger partial charge in [-0.3, -0.25) is 4.79 Å². The zero-order valence-corrected chi connectivity index (χ0v) is 15.5. The van der Waals surface area contributed by atoms with Gasteiger partial charge < -0.3 is 19.3 Å². The van der Waals surface area contributed by atoms with Gasteiger partial charge in [-0.05, 0) is 43.7 Å². The molecule has 0 unspecified atom stereocenters. The van der Waals surface area contributed by atoms with Crippen molar-refractivity contribution in [3.8, 4) is 5.75 Å². The smallest absolute Gasteiger partial charge is 0.338 e. The number of carbonyl (C=O) groups excluding carboxylic acids is 2. The maximum absolute atomic E-state index is 12.2. The normalized spacial score (nSPS) is 11.5. The summed E-state index contributed by atoms with van der Waals surface area (Å²) in [5.41, 5.74) is 1.37. The number of benzene rings is 2. The topological polar surface area (TPSA) is 90.7 Å². The molecular formula is C21H20N2O5. The maximum atomic E-state index is 12.2. The molecule has 28 heavy (non-hydrogen) atoms. The highest BCUT2D eigenvalue weighted by Crippen LogP contribution is 2.16. The largest absolute Gasteiger partial charge is 0.489 e. The van der Waals surface area contributed by atoms with Gasteiger partial charge in [-0.25, -0.2) is 4.79 Å². The van der Waals surface area contributed by atoms with E-state index in [0.717, 1.165) is 5.56 Å². The second-order valence-electron chi connectivity index (χ2n) is 6.16. The van der Waals surface area contributed by atoms with Gasteiger partial charge in [-0.15, -0.1) is 0 Å². The molecule has 0 bridgehead atoms. The van der Waals surface area contributed by atoms with E-state index in [1.165, 1.54) is 6.92 Å². The molecule has 1 atom stereocenters. The van der Waals surface area contributed by atoms with E-state index in [2.05, 4.69) is 10.5 Å². The molecule has 0 aliphatic heterocycles. The lowest BCUT2D eigenvalue weighted by Crippen LogP contribution is -2.30. The van der Waals surface area contributed by atoms with Gasteiger partial charge in [-0.1, -0.05) is 35.5 Å². The fraction of sp³-hybridized carbons (Fsp3) is 0.190. The van der Waals surface area contributed by atoms with Crippen molar-refractivity contribution in [3.63, 3.8) is 0 Å². The van der Waals surface area contributed by atoms with E-state index >= 15 is 0 Å². The van der Waals surface area contributed by atoms with E-state index in [0.29, 0.717) is 23.7 Å². The third kappa shape index (κ3) is 5.20. The Morgan fingerprint density at radius 2 is 1.82 bits per heavy atom. The van der Waals surface area contributed by atoms with Crippen LogP contribution >= 0.6 is 0 Å². The third-order valence-corrected chi connectivity index (χ3v) is 3.87. The van der Waals surface area contributed by atoms with Gasteiger partial charge in [0.05, 0.1) is 5.56 Å². The van der Waals surface area contributed by atoms with Gasteiger partial charge in [0.25, 0.3) is 5.91 Å². The SMILES string of the molecule is Cc1cc(NC(=O)[C@@H](C)OC(=O)c2ccc(OCc3ccccc3)cc2)no1. The number of nitrogens with zero attached hydrogens (tertiary/aromatic N) is 1. The molecule has 0 aliphatic carbocycles. The first-order chi connectivity index (χ1) is 13.5. The van der Waals surface area contributed by atoms with Crippen molar-refractivity contribution in [3.05, 3.63) is 77.6 Å². The van der Waals surface area contributed by atoms with Crippen LogP contribution in [0.5, 0.6) is 5.75 Å². The molecule has 7 heteroatoms. The van der Waals surface area contributed by atoms with E-state index in [4.69, 9.17) is 14.0 Å². The van der Waals surface area contributed by atoms with Crippen LogP contribution in [-0.4, -0.2) is 23.1 Å². The second kappa shape index (κ2) is 8.85. The number of carbonyl (C=O) groups is 2. The molecule has 0 spiro atoms. The van der Waals surface area contributed by atoms with E-state index in [9.17, 15) is 9.59 Å². The highest BCUT2D eigenvalue weighted by molar-refractivity contribution is 5.96. The summed E-state index contributed by atoms with van der Waals surface area (Å²) in [5, 5.41) is 6.18. The van der Waals surface area contributed by atoms with Crippen LogP contribution in [0, 0.1) is 6.92 Å². The molecule has 1 heterocycles. The third-order valence-electron chi connectivity index (χ3n) is 3.87. The number of hydrogen-bond acceptors (Lipinski definition) is 6. The summed E-state index contributed by atoms with van der Waals surface area (Å²) in [5.74, 6) is 0.366. The lowest BCUT2D eigenvalue weighted by atomic mass is 10.2. The molecule has 144 valence electrons. The molecule has 0 saturated carbocycles. The summed E-state index contributed by atoms with van der Waals surface area (Å²) in [6.07, 6.45) is -0.987. The molecule has 0 saturated heterocycles. The summed E-state index contributed by atoms with van der Waals surface area (Å²) < 4.78 is 15.7. The van der Waals surface area contributed by atoms with Crippen molar-refractivity contribution < 1.29 is 23.6 Å². The Morgan fingerprint density at radius 3 is 2.46 bits per heavy atom. The van der Waals surface area contributed by atoms with Crippen LogP contribution in [0.2, 0.25) is 0 Å². The molecule has 1 amide bonds. The predicted molar refractivity (Wildman–Crippen MR) is 102 cm³/mol. The van der Waals surface area contributed by atoms with Gasteiger partial charge in [-0.2, -0.15) is 0 Å². The van der Waals surface area contributed by atoms with E-state index < -0.39 is 18.0 Å². The predicted octanol–water partition coefficient (Wildman–Crippen LogP) is 3.75. The number of esters is 1. The average molecular weight is 380 g/mol. The molecule has 2 aromatic carbocycles. The van der Waals surface area contributed by atoms with Crippen molar-refractivity contribution in [1.29, 1.82) is 0 Å². The number of hydrogen-bond donors (Lipinski definition) is 1. The zero-order valence-electron chi connectivity index (χ0n) is 15.5. The monoisotopic (exact) mass is 380 g/mol. The summed E-state index contributed by atoms with van der Waals surface area (Å²) in [6, 6.07) is 17.9. The van der Waals surface area contributed by atoms with E-state index in [-0.39, 0.29) is 5.82 Å². The lowest BCUT2D eigenvalue weighted by molar-refractivity contribution is -0.123. The Labute approximate surface area is 162 Å². The summed E-state index contributed by atoms with van der Waals surface area (Å²) >= 11 is 0. The summed E-state index contributed by atoms with van der Waals surface area (Å²) in [6.45, 7) is 3.63. The quantitative estimate of drug-likeness (QED) is 0.628. The molecule has 7 nitrogen and oxygen atoms in total. The van der Waals surface area contributed by atoms with Gasteiger partial charge in [0.1, 0.15) is 18.1 Å². The first-order valence-electron chi connectivity index (χ1n) is 8.73. The lowest BCUT2D eigenvalue weighted by Gasteiger charge is -2.12. The van der Waals surface area contributed by atoms with Crippen molar-refractivity contribution in [2.75, 3.05) is 5.32 Å². The van der Waals surface area contributed by atoms with Crippen molar-refractivity contribution >= 4 is 17.7 Å². The minimum absolute atomic E-state index is 0.269. The number of anilines is 1. The number of aryl methyl sites for hydroxylation is 1. The first-order valence-corrected chi connectivity index (χ1v) is 8.73. The summed E-state index contributed by atoms with van der Waals surface area (Å²) in [4.78, 5) is 24.3. The molecule has 0 fully saturated rings. The van der Waals surface area contributed by atoms with Crippen LogP contribution in [0.15, 0.2) is 65.2 Å². The number of nitrogens with one attached hydrogen (secondary N) is 1. The Balaban J connectivity index is 1.51. The summed E-state index contributed by atoms with van der Waals surface area (Å²) in [7, 11) is 0. The van der Waals surface area contributed by atoms with Gasteiger partial charge in [0, 0.05) is 6.07 Å². The van der Waals surface area contributed by atoms with Crippen LogP contribution in [0.25, 0.3) is 0 Å². The van der Waals surface area contributed by atoms with Crippen LogP contribution in [0.1, 0.15) is 28.6 Å². The number of rotatable bonds is 7. The molecule has 3 rings (SSSR count). The fourth-order valence-corrected chi connectivity index (χ4v) is 2.36. The fourth-order valence-electron chi connectivity index (χ4n) is 2.36. The average Bonchev–Trinajstić information content (AvgIpc) is 3.12. The van der Waals surface area contributed by atoms with Gasteiger partial charge in [0.15, 0.2) is 11.9 Å². The van der Waals surface area contributed by atoms with Gasteiger partial charge >= 0.3 is 5.97 Å². The number of ether oxygens (including phenoxy) is 2. The van der Waals surface area contributed by atoms with Crippen LogP contribution in [-0.2, 0) is 16.1 Å².